The maximum atomic E-state index is 11.5. The second-order valence-electron chi connectivity index (χ2n) is 6.48. The van der Waals surface area contributed by atoms with Crippen LogP contribution in [0.15, 0.2) is 0 Å². The Hall–Kier alpha value is -0.585. The van der Waals surface area contributed by atoms with Crippen LogP contribution in [-0.2, 0) is 4.79 Å². The van der Waals surface area contributed by atoms with Crippen LogP contribution >= 0.6 is 0 Å². The molecule has 0 radical (unpaired) electrons. The van der Waals surface area contributed by atoms with Gasteiger partial charge in [0.2, 0.25) is 0 Å². The van der Waals surface area contributed by atoms with Crippen molar-refractivity contribution >= 4 is 13.1 Å². The molecule has 0 heterocycles. The highest BCUT2D eigenvalue weighted by Crippen LogP contribution is 2.37. The monoisotopic (exact) mass is 285 g/mol. The molecule has 6 heteroatoms. The summed E-state index contributed by atoms with van der Waals surface area (Å²) in [6.07, 6.45) is 3.62. The Balaban J connectivity index is 2.55. The Morgan fingerprint density at radius 1 is 1.35 bits per heavy atom. The first-order valence-electron chi connectivity index (χ1n) is 7.60. The van der Waals surface area contributed by atoms with Gasteiger partial charge in [0.15, 0.2) is 0 Å². The summed E-state index contributed by atoms with van der Waals surface area (Å²) in [6, 6.07) is 0.423. The molecule has 5 nitrogen and oxygen atoms in total. The Bertz CT molecular complexity index is 312. The number of carboxylic acid groups (broad SMARTS) is 1. The van der Waals surface area contributed by atoms with E-state index in [1.54, 1.807) is 0 Å². The molecule has 1 aliphatic carbocycles. The number of carboxylic acids is 1. The van der Waals surface area contributed by atoms with Gasteiger partial charge in [-0.25, -0.2) is 0 Å². The fraction of sp³-hybridized carbons (Fsp3) is 0.929. The number of carbonyl (C=O) groups is 1. The highest BCUT2D eigenvalue weighted by atomic mass is 16.4. The fourth-order valence-electron chi connectivity index (χ4n) is 3.07. The minimum absolute atomic E-state index is 0.204. The van der Waals surface area contributed by atoms with E-state index in [2.05, 4.69) is 18.7 Å². The summed E-state index contributed by atoms with van der Waals surface area (Å²) < 4.78 is 0. The molecule has 0 aromatic carbocycles. The Kier molecular flexibility index (Phi) is 6.99. The zero-order valence-electron chi connectivity index (χ0n) is 12.8. The molecule has 3 atom stereocenters. The van der Waals surface area contributed by atoms with E-state index in [1.807, 2.05) is 7.05 Å². The van der Waals surface area contributed by atoms with Gasteiger partial charge in [0.05, 0.1) is 5.92 Å². The topological polar surface area (TPSA) is 81.0 Å². The second kappa shape index (κ2) is 8.00. The molecule has 3 N–H and O–H groups in total. The zero-order valence-corrected chi connectivity index (χ0v) is 12.8. The Labute approximate surface area is 122 Å². The summed E-state index contributed by atoms with van der Waals surface area (Å²) in [4.78, 5) is 13.7. The number of hydrogen-bond acceptors (Lipinski definition) is 4. The molecule has 20 heavy (non-hydrogen) atoms. The average Bonchev–Trinajstić information content (AvgIpc) is 2.36. The summed E-state index contributed by atoms with van der Waals surface area (Å²) >= 11 is 0. The van der Waals surface area contributed by atoms with E-state index in [1.165, 1.54) is 0 Å². The van der Waals surface area contributed by atoms with Gasteiger partial charge in [0.1, 0.15) is 0 Å². The van der Waals surface area contributed by atoms with Crippen molar-refractivity contribution in [3.8, 4) is 0 Å². The molecule has 1 saturated carbocycles. The van der Waals surface area contributed by atoms with Gasteiger partial charge in [-0.15, -0.1) is 0 Å². The molecule has 0 saturated heterocycles. The second-order valence-corrected chi connectivity index (χ2v) is 6.48. The molecule has 0 aromatic rings. The van der Waals surface area contributed by atoms with Crippen LogP contribution in [0.4, 0.5) is 0 Å². The van der Waals surface area contributed by atoms with Gasteiger partial charge >= 0.3 is 13.1 Å². The molecule has 116 valence electrons. The fourth-order valence-corrected chi connectivity index (χ4v) is 3.07. The predicted molar refractivity (Wildman–Crippen MR) is 79.3 cm³/mol. The average molecular weight is 285 g/mol. The lowest BCUT2D eigenvalue weighted by Crippen LogP contribution is -2.40. The molecule has 0 amide bonds. The van der Waals surface area contributed by atoms with Crippen molar-refractivity contribution in [3.05, 3.63) is 0 Å². The maximum absolute atomic E-state index is 11.5. The first-order valence-corrected chi connectivity index (χ1v) is 7.60. The predicted octanol–water partition coefficient (Wildman–Crippen LogP) is 1.31. The van der Waals surface area contributed by atoms with Gasteiger partial charge in [-0.2, -0.15) is 0 Å². The highest BCUT2D eigenvalue weighted by molar-refractivity contribution is 6.40. The lowest BCUT2D eigenvalue weighted by Gasteiger charge is -2.37. The lowest BCUT2D eigenvalue weighted by atomic mass is 9.70. The minimum atomic E-state index is -1.27. The van der Waals surface area contributed by atoms with Crippen LogP contribution in [0.5, 0.6) is 0 Å². The van der Waals surface area contributed by atoms with Crippen LogP contribution in [0.3, 0.4) is 0 Å². The number of aliphatic carboxylic acids is 1. The smallest absolute Gasteiger partial charge is 0.451 e. The van der Waals surface area contributed by atoms with Crippen molar-refractivity contribution in [1.29, 1.82) is 0 Å². The van der Waals surface area contributed by atoms with E-state index in [0.717, 1.165) is 19.4 Å². The molecular formula is C14H28BNO4. The molecule has 1 aliphatic rings. The number of nitrogens with zero attached hydrogens (tertiary/aromatic N) is 1. The van der Waals surface area contributed by atoms with Crippen molar-refractivity contribution < 1.29 is 19.9 Å². The van der Waals surface area contributed by atoms with E-state index in [0.29, 0.717) is 31.1 Å². The van der Waals surface area contributed by atoms with Gasteiger partial charge in [-0.05, 0) is 51.9 Å². The Morgan fingerprint density at radius 3 is 2.50 bits per heavy atom. The molecular weight excluding hydrogens is 257 g/mol. The van der Waals surface area contributed by atoms with Crippen LogP contribution in [0.1, 0.15) is 39.5 Å². The SMILES string of the molecule is CC(C)N(C)C[C@@H]1CC[C@@H](CCB(O)O)C[C@@H]1C(=O)O. The van der Waals surface area contributed by atoms with Gasteiger partial charge in [-0.1, -0.05) is 12.8 Å². The highest BCUT2D eigenvalue weighted by Gasteiger charge is 2.36. The first-order chi connectivity index (χ1) is 9.31. The Morgan fingerprint density at radius 2 is 2.00 bits per heavy atom. The van der Waals surface area contributed by atoms with E-state index in [-0.39, 0.29) is 11.8 Å². The van der Waals surface area contributed by atoms with E-state index in [4.69, 9.17) is 10.0 Å². The molecule has 0 bridgehead atoms. The third kappa shape index (κ3) is 5.42. The van der Waals surface area contributed by atoms with Crippen molar-refractivity contribution in [1.82, 2.24) is 4.90 Å². The van der Waals surface area contributed by atoms with Crippen LogP contribution in [0.25, 0.3) is 0 Å². The van der Waals surface area contributed by atoms with Gasteiger partial charge in [0, 0.05) is 12.6 Å². The van der Waals surface area contributed by atoms with Gasteiger partial charge < -0.3 is 20.1 Å². The lowest BCUT2D eigenvalue weighted by molar-refractivity contribution is -0.146. The van der Waals surface area contributed by atoms with Crippen molar-refractivity contribution in [2.45, 2.75) is 51.9 Å². The molecule has 0 unspecified atom stereocenters. The normalized spacial score (nSPS) is 27.1. The summed E-state index contributed by atoms with van der Waals surface area (Å²) in [6.45, 7) is 5.05. The van der Waals surface area contributed by atoms with E-state index in [9.17, 15) is 9.90 Å². The van der Waals surface area contributed by atoms with Crippen LogP contribution in [-0.4, -0.2) is 52.8 Å². The van der Waals surface area contributed by atoms with Crippen LogP contribution < -0.4 is 0 Å². The molecule has 1 rings (SSSR count). The molecule has 0 spiro atoms. The molecule has 0 aromatic heterocycles. The quantitative estimate of drug-likeness (QED) is 0.614. The van der Waals surface area contributed by atoms with Gasteiger partial charge in [0.25, 0.3) is 0 Å². The third-order valence-electron chi connectivity index (χ3n) is 4.66. The third-order valence-corrected chi connectivity index (χ3v) is 4.66. The van der Waals surface area contributed by atoms with E-state index >= 15 is 0 Å². The standard InChI is InChI=1S/C14H28BNO4/c1-10(2)16(3)9-12-5-4-11(6-7-15(19)20)8-13(12)14(17)18/h10-13,19-20H,4-9H2,1-3H3,(H,17,18)/t11-,12-,13-/m0/s1. The van der Waals surface area contributed by atoms with Crippen molar-refractivity contribution in [2.24, 2.45) is 17.8 Å². The van der Waals surface area contributed by atoms with Crippen LogP contribution in [0, 0.1) is 17.8 Å². The van der Waals surface area contributed by atoms with E-state index < -0.39 is 13.1 Å². The maximum Gasteiger partial charge on any atom is 0.451 e. The zero-order chi connectivity index (χ0) is 15.3. The summed E-state index contributed by atoms with van der Waals surface area (Å²) in [5, 5.41) is 27.3. The minimum Gasteiger partial charge on any atom is -0.481 e. The van der Waals surface area contributed by atoms with Gasteiger partial charge in [-0.3, -0.25) is 4.79 Å². The summed E-state index contributed by atoms with van der Waals surface area (Å²) in [5.41, 5.74) is 0. The largest absolute Gasteiger partial charge is 0.481 e. The number of hydrogen-bond donors (Lipinski definition) is 3. The molecule has 1 fully saturated rings. The van der Waals surface area contributed by atoms with Crippen molar-refractivity contribution in [3.63, 3.8) is 0 Å². The summed E-state index contributed by atoms with van der Waals surface area (Å²) in [5.74, 6) is -0.499. The van der Waals surface area contributed by atoms with Crippen molar-refractivity contribution in [2.75, 3.05) is 13.6 Å². The molecule has 0 aliphatic heterocycles. The summed E-state index contributed by atoms with van der Waals surface area (Å²) in [7, 11) is 0.765. The first kappa shape index (κ1) is 17.5. The van der Waals surface area contributed by atoms with Crippen LogP contribution in [0.2, 0.25) is 6.32 Å². The number of rotatable bonds is 7.